The Labute approximate surface area is 94.5 Å². The average molecular weight is 219 g/mol. The van der Waals surface area contributed by atoms with Crippen LogP contribution in [-0.2, 0) is 9.53 Å². The highest BCUT2D eigenvalue weighted by Gasteiger charge is 1.97. The maximum absolute atomic E-state index is 10.9. The smallest absolute Gasteiger partial charge is 0.384 e. The molecule has 0 saturated carbocycles. The number of anilines is 1. The van der Waals surface area contributed by atoms with Crippen LogP contribution in [0.3, 0.4) is 0 Å². The molecular weight excluding hydrogens is 206 g/mol. The van der Waals surface area contributed by atoms with Crippen molar-refractivity contribution in [2.75, 3.05) is 25.6 Å². The third-order valence-corrected chi connectivity index (χ3v) is 1.62. The Bertz CT molecular complexity index is 415. The molecule has 0 atom stereocenters. The van der Waals surface area contributed by atoms with Crippen LogP contribution in [0, 0.1) is 11.8 Å². The van der Waals surface area contributed by atoms with Gasteiger partial charge in [-0.15, -0.1) is 0 Å². The van der Waals surface area contributed by atoms with Crippen molar-refractivity contribution >= 4 is 11.9 Å². The topological polar surface area (TPSA) is 55.3 Å². The van der Waals surface area contributed by atoms with Gasteiger partial charge in [-0.2, -0.15) is 0 Å². The van der Waals surface area contributed by atoms with Crippen molar-refractivity contribution < 1.29 is 9.53 Å². The maximum atomic E-state index is 10.9. The fraction of sp³-hybridized carbons (Fsp3) is 0.364. The van der Waals surface area contributed by atoms with Crippen LogP contribution in [0.5, 0.6) is 0 Å². The fourth-order valence-electron chi connectivity index (χ4n) is 0.907. The molecule has 5 nitrogen and oxygen atoms in total. The Morgan fingerprint density at radius 2 is 2.06 bits per heavy atom. The van der Waals surface area contributed by atoms with Crippen LogP contribution in [0.15, 0.2) is 12.4 Å². The zero-order chi connectivity index (χ0) is 12.0. The standard InChI is InChI=1S/C11H13N3O2/c1-4-16-10(15)6-5-9-7-12-11(13-8-9)14(2)3/h7-8H,4H2,1-3H3. The number of carbonyl (C=O) groups excluding carboxylic acids is 1. The Balaban J connectivity index is 2.72. The molecule has 1 aromatic heterocycles. The van der Waals surface area contributed by atoms with Crippen LogP contribution in [-0.4, -0.2) is 36.6 Å². The minimum Gasteiger partial charge on any atom is -0.456 e. The molecule has 0 aromatic carbocycles. The van der Waals surface area contributed by atoms with Crippen molar-refractivity contribution in [3.05, 3.63) is 18.0 Å². The molecule has 84 valence electrons. The molecule has 0 aliphatic heterocycles. The molecule has 0 radical (unpaired) electrons. The minimum atomic E-state index is -0.542. The molecule has 0 bridgehead atoms. The summed E-state index contributed by atoms with van der Waals surface area (Å²) in [6.45, 7) is 2.05. The van der Waals surface area contributed by atoms with E-state index in [0.717, 1.165) is 0 Å². The van der Waals surface area contributed by atoms with E-state index in [-0.39, 0.29) is 0 Å². The summed E-state index contributed by atoms with van der Waals surface area (Å²) in [5, 5.41) is 0. The Morgan fingerprint density at radius 3 is 2.56 bits per heavy atom. The number of rotatable bonds is 2. The summed E-state index contributed by atoms with van der Waals surface area (Å²) in [5.41, 5.74) is 0.582. The van der Waals surface area contributed by atoms with Crippen molar-refractivity contribution in [2.45, 2.75) is 6.92 Å². The van der Waals surface area contributed by atoms with Crippen LogP contribution in [0.25, 0.3) is 0 Å². The van der Waals surface area contributed by atoms with Gasteiger partial charge in [-0.3, -0.25) is 0 Å². The lowest BCUT2D eigenvalue weighted by Gasteiger charge is -2.07. The van der Waals surface area contributed by atoms with Gasteiger partial charge in [-0.05, 0) is 6.92 Å². The quantitative estimate of drug-likeness (QED) is 0.534. The van der Waals surface area contributed by atoms with Gasteiger partial charge in [0.1, 0.15) is 0 Å². The molecular formula is C11H13N3O2. The third kappa shape index (κ3) is 3.58. The van der Waals surface area contributed by atoms with E-state index in [1.54, 1.807) is 24.2 Å². The minimum absolute atomic E-state index is 0.323. The summed E-state index contributed by atoms with van der Waals surface area (Å²) < 4.78 is 4.66. The average Bonchev–Trinajstić information content (AvgIpc) is 2.27. The summed E-state index contributed by atoms with van der Waals surface area (Å²) in [4.78, 5) is 20.9. The highest BCUT2D eigenvalue weighted by atomic mass is 16.5. The molecule has 0 N–H and O–H groups in total. The molecule has 0 aliphatic carbocycles. The summed E-state index contributed by atoms with van der Waals surface area (Å²) in [7, 11) is 3.69. The van der Waals surface area contributed by atoms with Gasteiger partial charge >= 0.3 is 5.97 Å². The predicted molar refractivity (Wildman–Crippen MR) is 59.9 cm³/mol. The first kappa shape index (κ1) is 12.0. The number of carbonyl (C=O) groups is 1. The van der Waals surface area contributed by atoms with E-state index in [2.05, 4.69) is 26.5 Å². The number of hydrogen-bond acceptors (Lipinski definition) is 5. The number of esters is 1. The Morgan fingerprint density at radius 1 is 1.44 bits per heavy atom. The lowest BCUT2D eigenvalue weighted by Crippen LogP contribution is -2.12. The number of ether oxygens (including phenoxy) is 1. The maximum Gasteiger partial charge on any atom is 0.384 e. The molecule has 0 aliphatic rings. The summed E-state index contributed by atoms with van der Waals surface area (Å²) in [5.74, 6) is 5.03. The molecule has 0 unspecified atom stereocenters. The lowest BCUT2D eigenvalue weighted by molar-refractivity contribution is -0.136. The SMILES string of the molecule is CCOC(=O)C#Cc1cnc(N(C)C)nc1. The summed E-state index contributed by atoms with van der Waals surface area (Å²) in [6.07, 6.45) is 3.13. The van der Waals surface area contributed by atoms with E-state index < -0.39 is 5.97 Å². The van der Waals surface area contributed by atoms with Crippen LogP contribution in [0.4, 0.5) is 5.95 Å². The summed E-state index contributed by atoms with van der Waals surface area (Å²) >= 11 is 0. The molecule has 1 rings (SSSR count). The molecule has 0 spiro atoms. The van der Waals surface area contributed by atoms with Gasteiger partial charge in [0.15, 0.2) is 0 Å². The Hall–Kier alpha value is -2.09. The van der Waals surface area contributed by atoms with E-state index in [0.29, 0.717) is 18.1 Å². The Kier molecular flexibility index (Phi) is 4.28. The van der Waals surface area contributed by atoms with E-state index in [9.17, 15) is 4.79 Å². The van der Waals surface area contributed by atoms with E-state index in [1.165, 1.54) is 0 Å². The van der Waals surface area contributed by atoms with Crippen LogP contribution >= 0.6 is 0 Å². The fourth-order valence-corrected chi connectivity index (χ4v) is 0.907. The first-order valence-electron chi connectivity index (χ1n) is 4.81. The van der Waals surface area contributed by atoms with Crippen molar-refractivity contribution in [1.29, 1.82) is 0 Å². The van der Waals surface area contributed by atoms with E-state index in [4.69, 9.17) is 0 Å². The van der Waals surface area contributed by atoms with Crippen molar-refractivity contribution in [3.8, 4) is 11.8 Å². The second-order valence-electron chi connectivity index (χ2n) is 3.14. The first-order chi connectivity index (χ1) is 7.63. The van der Waals surface area contributed by atoms with Crippen molar-refractivity contribution in [2.24, 2.45) is 0 Å². The van der Waals surface area contributed by atoms with Crippen LogP contribution in [0.1, 0.15) is 12.5 Å². The molecule has 0 fully saturated rings. The largest absolute Gasteiger partial charge is 0.456 e. The first-order valence-corrected chi connectivity index (χ1v) is 4.81. The number of nitrogens with zero attached hydrogens (tertiary/aromatic N) is 3. The van der Waals surface area contributed by atoms with Crippen LogP contribution in [0.2, 0.25) is 0 Å². The molecule has 5 heteroatoms. The van der Waals surface area contributed by atoms with E-state index in [1.807, 2.05) is 14.1 Å². The zero-order valence-corrected chi connectivity index (χ0v) is 9.52. The second kappa shape index (κ2) is 5.71. The second-order valence-corrected chi connectivity index (χ2v) is 3.14. The van der Waals surface area contributed by atoms with Crippen molar-refractivity contribution in [1.82, 2.24) is 9.97 Å². The van der Waals surface area contributed by atoms with Gasteiger partial charge < -0.3 is 9.64 Å². The number of hydrogen-bond donors (Lipinski definition) is 0. The predicted octanol–water partition coefficient (Wildman–Crippen LogP) is 0.457. The van der Waals surface area contributed by atoms with Gasteiger partial charge in [0.05, 0.1) is 12.2 Å². The van der Waals surface area contributed by atoms with Gasteiger partial charge in [0.25, 0.3) is 0 Å². The normalized spacial score (nSPS) is 8.94. The van der Waals surface area contributed by atoms with Gasteiger partial charge in [-0.1, -0.05) is 5.92 Å². The van der Waals surface area contributed by atoms with Gasteiger partial charge in [0, 0.05) is 32.4 Å². The number of aromatic nitrogens is 2. The van der Waals surface area contributed by atoms with Crippen LogP contribution < -0.4 is 4.90 Å². The zero-order valence-electron chi connectivity index (χ0n) is 9.52. The third-order valence-electron chi connectivity index (χ3n) is 1.62. The molecule has 1 heterocycles. The molecule has 1 aromatic rings. The molecule has 0 amide bonds. The monoisotopic (exact) mass is 219 g/mol. The van der Waals surface area contributed by atoms with E-state index >= 15 is 0 Å². The summed E-state index contributed by atoms with van der Waals surface area (Å²) in [6, 6.07) is 0. The van der Waals surface area contributed by atoms with Gasteiger partial charge in [0.2, 0.25) is 5.95 Å². The molecule has 16 heavy (non-hydrogen) atoms. The molecule has 0 saturated heterocycles. The highest BCUT2D eigenvalue weighted by molar-refractivity contribution is 5.89. The lowest BCUT2D eigenvalue weighted by atomic mass is 10.3. The van der Waals surface area contributed by atoms with Crippen molar-refractivity contribution in [3.63, 3.8) is 0 Å². The van der Waals surface area contributed by atoms with Gasteiger partial charge in [-0.25, -0.2) is 14.8 Å². The highest BCUT2D eigenvalue weighted by Crippen LogP contribution is 2.01.